The summed E-state index contributed by atoms with van der Waals surface area (Å²) in [5.74, 6) is 2.54. The molecule has 0 aromatic carbocycles. The summed E-state index contributed by atoms with van der Waals surface area (Å²) in [5, 5.41) is 0. The quantitative estimate of drug-likeness (QED) is 0.837. The lowest BCUT2D eigenvalue weighted by molar-refractivity contribution is 0.411. The first kappa shape index (κ1) is 12.9. The first-order valence-electron chi connectivity index (χ1n) is 6.54. The highest BCUT2D eigenvalue weighted by molar-refractivity contribution is 5.63. The molecule has 1 saturated carbocycles. The Morgan fingerprint density at radius 2 is 2.17 bits per heavy atom. The molecule has 1 heterocycles. The molecule has 18 heavy (non-hydrogen) atoms. The molecule has 1 aromatic heterocycles. The minimum Gasteiger partial charge on any atom is -0.490 e. The molecule has 0 unspecified atom stereocenters. The maximum Gasteiger partial charge on any atom is 0.204 e. The van der Waals surface area contributed by atoms with Crippen LogP contribution in [0.1, 0.15) is 33.1 Å². The number of ether oxygens (including phenoxy) is 1. The maximum absolute atomic E-state index is 5.84. The van der Waals surface area contributed by atoms with Gasteiger partial charge in [0.15, 0.2) is 11.6 Å². The second-order valence-electron chi connectivity index (χ2n) is 5.22. The van der Waals surface area contributed by atoms with Gasteiger partial charge in [-0.05, 0) is 25.2 Å². The number of nitrogens with zero attached hydrogens (tertiary/aromatic N) is 3. The SMILES string of the molecule is COc1c(N)ncnc1N(CCC(C)C)C1CC1. The molecule has 0 saturated heterocycles. The third kappa shape index (κ3) is 2.83. The van der Waals surface area contributed by atoms with Crippen LogP contribution in [0.3, 0.4) is 0 Å². The molecular formula is C13H22N4O. The Morgan fingerprint density at radius 3 is 2.72 bits per heavy atom. The fraction of sp³-hybridized carbons (Fsp3) is 0.692. The molecule has 1 fully saturated rings. The summed E-state index contributed by atoms with van der Waals surface area (Å²) in [4.78, 5) is 10.7. The van der Waals surface area contributed by atoms with E-state index >= 15 is 0 Å². The van der Waals surface area contributed by atoms with Crippen LogP contribution in [-0.4, -0.2) is 29.7 Å². The van der Waals surface area contributed by atoms with Crippen molar-refractivity contribution in [1.82, 2.24) is 9.97 Å². The number of rotatable bonds is 6. The zero-order valence-electron chi connectivity index (χ0n) is 11.4. The molecule has 2 N–H and O–H groups in total. The number of aromatic nitrogens is 2. The van der Waals surface area contributed by atoms with Crippen LogP contribution in [-0.2, 0) is 0 Å². The summed E-state index contributed by atoms with van der Waals surface area (Å²) >= 11 is 0. The van der Waals surface area contributed by atoms with Gasteiger partial charge in [0.1, 0.15) is 6.33 Å². The van der Waals surface area contributed by atoms with Gasteiger partial charge in [-0.3, -0.25) is 0 Å². The van der Waals surface area contributed by atoms with Crippen LogP contribution >= 0.6 is 0 Å². The van der Waals surface area contributed by atoms with Gasteiger partial charge in [-0.25, -0.2) is 9.97 Å². The molecule has 0 bridgehead atoms. The topological polar surface area (TPSA) is 64.3 Å². The fourth-order valence-electron chi connectivity index (χ4n) is 2.02. The lowest BCUT2D eigenvalue weighted by Crippen LogP contribution is -2.29. The van der Waals surface area contributed by atoms with Gasteiger partial charge in [0.05, 0.1) is 7.11 Å². The van der Waals surface area contributed by atoms with Crippen LogP contribution in [0, 0.1) is 5.92 Å². The van der Waals surface area contributed by atoms with Crippen LogP contribution in [0.25, 0.3) is 0 Å². The number of nitrogens with two attached hydrogens (primary N) is 1. The highest BCUT2D eigenvalue weighted by Gasteiger charge is 2.32. The van der Waals surface area contributed by atoms with E-state index in [1.807, 2.05) is 0 Å². The molecule has 5 nitrogen and oxygen atoms in total. The van der Waals surface area contributed by atoms with Gasteiger partial charge >= 0.3 is 0 Å². The Bertz CT molecular complexity index is 404. The zero-order chi connectivity index (χ0) is 13.1. The third-order valence-corrected chi connectivity index (χ3v) is 3.22. The molecule has 2 rings (SSSR count). The van der Waals surface area contributed by atoms with Gasteiger partial charge in [0.2, 0.25) is 5.75 Å². The standard InChI is InChI=1S/C13H22N4O/c1-9(2)6-7-17(10-4-5-10)13-11(18-3)12(14)15-8-16-13/h8-10H,4-7H2,1-3H3,(H2,14,15,16). The maximum atomic E-state index is 5.84. The van der Waals surface area contributed by atoms with Crippen molar-refractivity contribution in [2.24, 2.45) is 5.92 Å². The Balaban J connectivity index is 2.22. The van der Waals surface area contributed by atoms with E-state index < -0.39 is 0 Å². The fourth-order valence-corrected chi connectivity index (χ4v) is 2.02. The number of nitrogen functional groups attached to an aromatic ring is 1. The van der Waals surface area contributed by atoms with E-state index in [0.717, 1.165) is 18.8 Å². The lowest BCUT2D eigenvalue weighted by atomic mass is 10.1. The Kier molecular flexibility index (Phi) is 3.89. The number of hydrogen-bond donors (Lipinski definition) is 1. The highest BCUT2D eigenvalue weighted by atomic mass is 16.5. The van der Waals surface area contributed by atoms with E-state index in [1.54, 1.807) is 7.11 Å². The Morgan fingerprint density at radius 1 is 1.44 bits per heavy atom. The number of methoxy groups -OCH3 is 1. The summed E-state index contributed by atoms with van der Waals surface area (Å²) in [6, 6.07) is 0.590. The van der Waals surface area contributed by atoms with E-state index in [1.165, 1.54) is 19.2 Å². The number of anilines is 2. The average molecular weight is 250 g/mol. The second-order valence-corrected chi connectivity index (χ2v) is 5.22. The molecule has 0 spiro atoms. The Labute approximate surface area is 108 Å². The summed E-state index contributed by atoms with van der Waals surface area (Å²) in [5.41, 5.74) is 5.84. The molecular weight excluding hydrogens is 228 g/mol. The third-order valence-electron chi connectivity index (χ3n) is 3.22. The van der Waals surface area contributed by atoms with E-state index in [-0.39, 0.29) is 0 Å². The minimum absolute atomic E-state index is 0.415. The lowest BCUT2D eigenvalue weighted by Gasteiger charge is -2.26. The van der Waals surface area contributed by atoms with Crippen LogP contribution in [0.4, 0.5) is 11.6 Å². The smallest absolute Gasteiger partial charge is 0.204 e. The highest BCUT2D eigenvalue weighted by Crippen LogP contribution is 2.37. The molecule has 1 aliphatic rings. The van der Waals surface area contributed by atoms with Crippen LogP contribution < -0.4 is 15.4 Å². The summed E-state index contributed by atoms with van der Waals surface area (Å²) in [6.45, 7) is 5.46. The van der Waals surface area contributed by atoms with Crippen molar-refractivity contribution in [3.63, 3.8) is 0 Å². The van der Waals surface area contributed by atoms with Crippen molar-refractivity contribution in [3.05, 3.63) is 6.33 Å². The Hall–Kier alpha value is -1.52. The predicted octanol–water partition coefficient (Wildman–Crippen LogP) is 2.08. The van der Waals surface area contributed by atoms with Gasteiger partial charge in [0, 0.05) is 12.6 Å². The van der Waals surface area contributed by atoms with Gasteiger partial charge in [-0.1, -0.05) is 13.8 Å². The molecule has 0 amide bonds. The molecule has 1 aliphatic carbocycles. The van der Waals surface area contributed by atoms with Crippen molar-refractivity contribution < 1.29 is 4.74 Å². The minimum atomic E-state index is 0.415. The molecule has 0 atom stereocenters. The largest absolute Gasteiger partial charge is 0.490 e. The molecule has 1 aromatic rings. The first-order valence-corrected chi connectivity index (χ1v) is 6.54. The molecule has 0 aliphatic heterocycles. The van der Waals surface area contributed by atoms with Crippen LogP contribution in [0.15, 0.2) is 6.33 Å². The van der Waals surface area contributed by atoms with Crippen molar-refractivity contribution in [1.29, 1.82) is 0 Å². The molecule has 5 heteroatoms. The first-order chi connectivity index (χ1) is 8.63. The normalized spacial score (nSPS) is 14.9. The van der Waals surface area contributed by atoms with Crippen LogP contribution in [0.2, 0.25) is 0 Å². The van der Waals surface area contributed by atoms with E-state index in [0.29, 0.717) is 23.5 Å². The van der Waals surface area contributed by atoms with Gasteiger partial charge in [-0.15, -0.1) is 0 Å². The van der Waals surface area contributed by atoms with E-state index in [9.17, 15) is 0 Å². The summed E-state index contributed by atoms with van der Waals surface area (Å²) in [7, 11) is 1.62. The summed E-state index contributed by atoms with van der Waals surface area (Å²) < 4.78 is 5.35. The van der Waals surface area contributed by atoms with Gasteiger partial charge < -0.3 is 15.4 Å². The average Bonchev–Trinajstić information content (AvgIpc) is 3.13. The van der Waals surface area contributed by atoms with Gasteiger partial charge in [-0.2, -0.15) is 0 Å². The van der Waals surface area contributed by atoms with Crippen molar-refractivity contribution in [2.45, 2.75) is 39.2 Å². The van der Waals surface area contributed by atoms with Crippen LogP contribution in [0.5, 0.6) is 5.75 Å². The van der Waals surface area contributed by atoms with Crippen molar-refractivity contribution in [2.75, 3.05) is 24.3 Å². The zero-order valence-corrected chi connectivity index (χ0v) is 11.4. The summed E-state index contributed by atoms with van der Waals surface area (Å²) in [6.07, 6.45) is 5.11. The van der Waals surface area contributed by atoms with E-state index in [2.05, 4.69) is 28.7 Å². The predicted molar refractivity (Wildman–Crippen MR) is 72.8 cm³/mol. The molecule has 100 valence electrons. The molecule has 0 radical (unpaired) electrons. The van der Waals surface area contributed by atoms with E-state index in [4.69, 9.17) is 10.5 Å². The van der Waals surface area contributed by atoms with Gasteiger partial charge in [0.25, 0.3) is 0 Å². The monoisotopic (exact) mass is 250 g/mol. The van der Waals surface area contributed by atoms with Crippen molar-refractivity contribution in [3.8, 4) is 5.75 Å². The van der Waals surface area contributed by atoms with Crippen molar-refractivity contribution >= 4 is 11.6 Å². The second kappa shape index (κ2) is 5.42. The number of hydrogen-bond acceptors (Lipinski definition) is 5.